The third-order valence-electron chi connectivity index (χ3n) is 9.50. The number of hydrogen-bond donors (Lipinski definition) is 3. The summed E-state index contributed by atoms with van der Waals surface area (Å²) in [7, 11) is 3.63. The Morgan fingerprint density at radius 1 is 1.10 bits per heavy atom. The van der Waals surface area contributed by atoms with Gasteiger partial charge in [0.2, 0.25) is 11.8 Å². The second kappa shape index (κ2) is 21.1. The van der Waals surface area contributed by atoms with E-state index >= 15 is 0 Å². The van der Waals surface area contributed by atoms with Crippen LogP contribution >= 0.6 is 12.1 Å². The van der Waals surface area contributed by atoms with Crippen molar-refractivity contribution in [1.29, 1.82) is 5.26 Å². The van der Waals surface area contributed by atoms with E-state index in [-0.39, 0.29) is 103 Å². The van der Waals surface area contributed by atoms with Crippen molar-refractivity contribution in [3.63, 3.8) is 0 Å². The molecular weight excluding hydrogens is 792 g/mol. The molecule has 1 aliphatic rings. The molecule has 308 valence electrons. The molecule has 0 unspecified atom stereocenters. The van der Waals surface area contributed by atoms with Crippen LogP contribution in [0.2, 0.25) is 0 Å². The number of carbonyl (C=O) groups excluding carboxylic acids is 2. The first-order valence-corrected chi connectivity index (χ1v) is 19.2. The van der Waals surface area contributed by atoms with Crippen LogP contribution in [0.5, 0.6) is 17.4 Å². The number of hydrogen-bond acceptors (Lipinski definition) is 12. The summed E-state index contributed by atoms with van der Waals surface area (Å²) < 4.78 is 47.2. The predicted molar refractivity (Wildman–Crippen MR) is 220 cm³/mol. The average molecular weight is 837 g/mol. The maximum absolute atomic E-state index is 14.6. The minimum absolute atomic E-state index is 0. The zero-order valence-corrected chi connectivity index (χ0v) is 36.4. The van der Waals surface area contributed by atoms with Gasteiger partial charge in [-0.05, 0) is 49.0 Å². The number of imide groups is 1. The molecular formula is C41H45F2N9NaO5S-3. The van der Waals surface area contributed by atoms with Gasteiger partial charge in [0.05, 0.1) is 28.4 Å². The number of aromatic nitrogens is 4. The molecule has 3 N–H and O–H groups in total. The molecule has 0 bridgehead atoms. The van der Waals surface area contributed by atoms with E-state index in [9.17, 15) is 28.7 Å². The standard InChI is InChI=1S/C24H26FN5O3S.C17H19FN4O2.Na/c1-5-24(31,6-2)15-32-22-14-27-20-10-8-16(12-21(20)28-22)33-23-17(13-26)19(11-9-18(23)25)29-34-30(4)7-3;1-4-10(5-2)11-9-14-12(8-13(11)18)16(20-21(14)3)22-7-6-15(23)19-17(22)24;/h8-12,14,29,31H,1-2,5-7,15H2,3-4H3;8-10H,1-2,4-7H2,3H3,(H,19,23,24);/q2*-2;+1. The Hall–Kier alpha value is -4.57. The predicted octanol–water partition coefficient (Wildman–Crippen LogP) is 4.61. The SMILES string of the molecule is [CH2-]CC(C[CH2-])c1cc2c(cc1F)c(N1CCC(=O)NC1=O)nn2C.[CH2-]CC(O)(C[CH2-])COc1cnc2ccc(Oc3c(F)ccc(NSN(C)CC)c3C#N)cc2n1.[Na+]. The molecule has 3 aromatic carbocycles. The number of aryl methyl sites for hydroxylation is 1. The summed E-state index contributed by atoms with van der Waals surface area (Å²) in [4.78, 5) is 33.4. The van der Waals surface area contributed by atoms with Crippen LogP contribution in [-0.2, 0) is 11.8 Å². The van der Waals surface area contributed by atoms with Gasteiger partial charge < -0.3 is 47.0 Å². The number of rotatable bonds is 15. The van der Waals surface area contributed by atoms with Crippen molar-refractivity contribution in [2.24, 2.45) is 7.05 Å². The van der Waals surface area contributed by atoms with E-state index in [0.29, 0.717) is 46.3 Å². The van der Waals surface area contributed by atoms with E-state index in [2.05, 4.69) is 52.8 Å². The number of fused-ring (bicyclic) bond motifs is 2. The molecule has 0 aliphatic carbocycles. The molecule has 6 rings (SSSR count). The molecule has 0 spiro atoms. The second-order valence-corrected chi connectivity index (χ2v) is 14.4. The Balaban J connectivity index is 0.000000271. The van der Waals surface area contributed by atoms with Crippen molar-refractivity contribution >= 4 is 57.5 Å². The molecule has 5 aromatic rings. The Kier molecular flexibility index (Phi) is 16.8. The Bertz CT molecular complexity index is 2320. The number of nitrogens with zero attached hydrogens (tertiary/aromatic N) is 7. The molecule has 2 aromatic heterocycles. The normalized spacial score (nSPS) is 12.9. The molecule has 0 radical (unpaired) electrons. The number of carbonyl (C=O) groups is 2. The van der Waals surface area contributed by atoms with E-state index < -0.39 is 17.4 Å². The summed E-state index contributed by atoms with van der Waals surface area (Å²) in [5.74, 6) is -0.773. The monoisotopic (exact) mass is 836 g/mol. The summed E-state index contributed by atoms with van der Waals surface area (Å²) in [6.45, 7) is 18.1. The van der Waals surface area contributed by atoms with Gasteiger partial charge in [-0.3, -0.25) is 19.7 Å². The number of nitriles is 1. The van der Waals surface area contributed by atoms with Gasteiger partial charge >= 0.3 is 35.6 Å². The number of nitrogens with one attached hydrogen (secondary N) is 2. The first-order chi connectivity index (χ1) is 27.8. The van der Waals surface area contributed by atoms with Crippen LogP contribution in [0.25, 0.3) is 21.9 Å². The minimum Gasteiger partial charge on any atom is -0.474 e. The number of amides is 3. The van der Waals surface area contributed by atoms with Crippen molar-refractivity contribution in [3.8, 4) is 23.4 Å². The number of urea groups is 1. The van der Waals surface area contributed by atoms with E-state index in [1.54, 1.807) is 36.0 Å². The summed E-state index contributed by atoms with van der Waals surface area (Å²) in [6.07, 6.45) is 3.21. The van der Waals surface area contributed by atoms with Crippen LogP contribution in [0.15, 0.2) is 48.7 Å². The molecule has 0 atom stereocenters. The van der Waals surface area contributed by atoms with Crippen molar-refractivity contribution in [1.82, 2.24) is 29.4 Å². The summed E-state index contributed by atoms with van der Waals surface area (Å²) in [5.41, 5.74) is 1.61. The van der Waals surface area contributed by atoms with E-state index in [4.69, 9.17) is 9.47 Å². The van der Waals surface area contributed by atoms with Crippen LogP contribution in [0.4, 0.5) is 25.1 Å². The average Bonchev–Trinajstić information content (AvgIpc) is 3.54. The van der Waals surface area contributed by atoms with Crippen LogP contribution < -0.4 is 54.0 Å². The molecule has 59 heavy (non-hydrogen) atoms. The van der Waals surface area contributed by atoms with Crippen molar-refractivity contribution < 1.29 is 62.5 Å². The van der Waals surface area contributed by atoms with Gasteiger partial charge in [0, 0.05) is 55.7 Å². The van der Waals surface area contributed by atoms with E-state index in [0.717, 1.165) is 12.1 Å². The third kappa shape index (κ3) is 11.2. The van der Waals surface area contributed by atoms with Crippen molar-refractivity contribution in [3.05, 3.63) is 99.1 Å². The van der Waals surface area contributed by atoms with Gasteiger partial charge in [0.1, 0.15) is 29.8 Å². The van der Waals surface area contributed by atoms with Crippen LogP contribution in [0.3, 0.4) is 0 Å². The van der Waals surface area contributed by atoms with Crippen molar-refractivity contribution in [2.45, 2.75) is 50.5 Å². The first-order valence-electron chi connectivity index (χ1n) is 18.4. The number of ether oxygens (including phenoxy) is 2. The topological polar surface area (TPSA) is 171 Å². The first kappa shape index (κ1) is 47.1. The van der Waals surface area contributed by atoms with Gasteiger partial charge in [-0.1, -0.05) is 12.8 Å². The molecule has 14 nitrogen and oxygen atoms in total. The fraction of sp³-hybridized carbons (Fsp3) is 0.317. The smallest absolute Gasteiger partial charge is 0.474 e. The molecule has 1 fully saturated rings. The maximum atomic E-state index is 14.6. The molecule has 1 aliphatic heterocycles. The molecule has 0 saturated carbocycles. The minimum atomic E-state index is -1.16. The van der Waals surface area contributed by atoms with Crippen LogP contribution in [0.1, 0.15) is 56.1 Å². The van der Waals surface area contributed by atoms with E-state index in [1.165, 1.54) is 41.4 Å². The Labute approximate surface area is 369 Å². The van der Waals surface area contributed by atoms with Gasteiger partial charge in [-0.2, -0.15) is 36.0 Å². The molecule has 18 heteroatoms. The largest absolute Gasteiger partial charge is 1.00 e. The molecule has 3 amide bonds. The van der Waals surface area contributed by atoms with E-state index in [1.807, 2.05) is 24.3 Å². The summed E-state index contributed by atoms with van der Waals surface area (Å²) in [5, 5.41) is 27.1. The number of halogens is 2. The number of benzene rings is 3. The fourth-order valence-electron chi connectivity index (χ4n) is 5.76. The number of aliphatic hydroxyl groups is 1. The number of anilines is 2. The zero-order chi connectivity index (χ0) is 42.1. The Morgan fingerprint density at radius 2 is 1.83 bits per heavy atom. The third-order valence-corrected chi connectivity index (χ3v) is 10.4. The zero-order valence-electron chi connectivity index (χ0n) is 33.6. The van der Waals surface area contributed by atoms with Gasteiger partial charge in [-0.25, -0.2) is 27.8 Å². The fourth-order valence-corrected chi connectivity index (χ4v) is 6.31. The van der Waals surface area contributed by atoms with Gasteiger partial charge in [-0.15, -0.1) is 0 Å². The summed E-state index contributed by atoms with van der Waals surface area (Å²) >= 11 is 1.29. The summed E-state index contributed by atoms with van der Waals surface area (Å²) in [6, 6.07) is 12.2. The van der Waals surface area contributed by atoms with Crippen molar-refractivity contribution in [2.75, 3.05) is 36.4 Å². The molecule has 1 saturated heterocycles. The second-order valence-electron chi connectivity index (χ2n) is 13.4. The van der Waals surface area contributed by atoms with Gasteiger partial charge in [0.15, 0.2) is 17.4 Å². The quantitative estimate of drug-likeness (QED) is 0.0762. The van der Waals surface area contributed by atoms with Crippen LogP contribution in [0, 0.1) is 50.7 Å². The van der Waals surface area contributed by atoms with Crippen LogP contribution in [-0.4, -0.2) is 73.4 Å². The maximum Gasteiger partial charge on any atom is 1.00 e. The molecule has 3 heterocycles. The van der Waals surface area contributed by atoms with Gasteiger partial charge in [0.25, 0.3) is 0 Å². The Morgan fingerprint density at radius 3 is 2.47 bits per heavy atom.